The van der Waals surface area contributed by atoms with Gasteiger partial charge in [0.1, 0.15) is 0 Å². The minimum atomic E-state index is 1.11. The average molecular weight is 150 g/mol. The van der Waals surface area contributed by atoms with E-state index in [2.05, 4.69) is 24.6 Å². The van der Waals surface area contributed by atoms with Gasteiger partial charge < -0.3 is 0 Å². The third kappa shape index (κ3) is 1.19. The third-order valence-electron chi connectivity index (χ3n) is 1.34. The van der Waals surface area contributed by atoms with Crippen molar-refractivity contribution in [1.29, 1.82) is 0 Å². The second-order valence-electron chi connectivity index (χ2n) is 2.18. The summed E-state index contributed by atoms with van der Waals surface area (Å²) in [6.07, 6.45) is 1.87. The number of hydrogen-bond donors (Lipinski definition) is 0. The third-order valence-corrected chi connectivity index (χ3v) is 2.25. The van der Waals surface area contributed by atoms with E-state index in [1.54, 1.807) is 11.3 Å². The summed E-state index contributed by atoms with van der Waals surface area (Å²) in [6, 6.07) is 2.07. The van der Waals surface area contributed by atoms with Crippen molar-refractivity contribution in [2.45, 2.75) is 6.92 Å². The van der Waals surface area contributed by atoms with Crippen LogP contribution in [0.15, 0.2) is 24.6 Å². The number of thiophene rings is 1. The fourth-order valence-electron chi connectivity index (χ4n) is 0.832. The van der Waals surface area contributed by atoms with Gasteiger partial charge in [-0.25, -0.2) is 0 Å². The lowest BCUT2D eigenvalue weighted by Crippen LogP contribution is -1.73. The van der Waals surface area contributed by atoms with Crippen LogP contribution >= 0.6 is 11.3 Å². The quantitative estimate of drug-likeness (QED) is 0.606. The van der Waals surface area contributed by atoms with Crippen LogP contribution in [-0.4, -0.2) is 0 Å². The Bertz CT molecular complexity index is 255. The van der Waals surface area contributed by atoms with Crippen LogP contribution in [0, 0.1) is 0 Å². The molecule has 0 radical (unpaired) electrons. The molecule has 1 aromatic rings. The number of hydrogen-bond acceptors (Lipinski definition) is 1. The van der Waals surface area contributed by atoms with Crippen LogP contribution < -0.4 is 0 Å². The van der Waals surface area contributed by atoms with Crippen molar-refractivity contribution in [1.82, 2.24) is 0 Å². The molecule has 1 heteroatoms. The molecule has 0 atom stereocenters. The van der Waals surface area contributed by atoms with Gasteiger partial charge in [-0.05, 0) is 29.5 Å². The van der Waals surface area contributed by atoms with Gasteiger partial charge in [-0.2, -0.15) is 0 Å². The molecule has 0 aliphatic rings. The predicted octanol–water partition coefficient (Wildman–Crippen LogP) is 3.42. The van der Waals surface area contributed by atoms with Crippen molar-refractivity contribution in [3.05, 3.63) is 35.0 Å². The molecule has 0 bridgehead atoms. The summed E-state index contributed by atoms with van der Waals surface area (Å²) in [5.74, 6) is 0. The predicted molar refractivity (Wildman–Crippen MR) is 49.1 cm³/mol. The number of rotatable bonds is 2. The van der Waals surface area contributed by atoms with E-state index in [1.165, 1.54) is 10.4 Å². The van der Waals surface area contributed by atoms with E-state index in [-0.39, 0.29) is 0 Å². The minimum Gasteiger partial charge on any atom is -0.144 e. The highest BCUT2D eigenvalue weighted by atomic mass is 32.1. The highest BCUT2D eigenvalue weighted by Gasteiger charge is 1.98. The first-order chi connectivity index (χ1) is 4.75. The largest absolute Gasteiger partial charge is 0.144 e. The highest BCUT2D eigenvalue weighted by molar-refractivity contribution is 7.11. The lowest BCUT2D eigenvalue weighted by Gasteiger charge is -1.94. The summed E-state index contributed by atoms with van der Waals surface area (Å²) >= 11 is 1.70. The van der Waals surface area contributed by atoms with E-state index >= 15 is 0 Å². The van der Waals surface area contributed by atoms with E-state index in [1.807, 2.05) is 13.0 Å². The zero-order chi connectivity index (χ0) is 7.56. The van der Waals surface area contributed by atoms with Gasteiger partial charge in [-0.1, -0.05) is 19.2 Å². The zero-order valence-corrected chi connectivity index (χ0v) is 6.87. The van der Waals surface area contributed by atoms with Crippen molar-refractivity contribution >= 4 is 23.0 Å². The van der Waals surface area contributed by atoms with Crippen molar-refractivity contribution < 1.29 is 0 Å². The highest BCUT2D eigenvalue weighted by Crippen LogP contribution is 2.23. The Morgan fingerprint density at radius 1 is 1.70 bits per heavy atom. The molecule has 0 saturated carbocycles. The van der Waals surface area contributed by atoms with Gasteiger partial charge in [-0.15, -0.1) is 11.3 Å². The van der Waals surface area contributed by atoms with Crippen LogP contribution in [0.4, 0.5) is 0 Å². The van der Waals surface area contributed by atoms with Crippen molar-refractivity contribution in [2.75, 3.05) is 0 Å². The maximum Gasteiger partial charge on any atom is 0.0339 e. The van der Waals surface area contributed by atoms with Crippen LogP contribution in [0.1, 0.15) is 17.4 Å². The normalized spacial score (nSPS) is 9.30. The summed E-state index contributed by atoms with van der Waals surface area (Å²) in [7, 11) is 0. The van der Waals surface area contributed by atoms with E-state index in [0.717, 1.165) is 5.57 Å². The Balaban J connectivity index is 3.13. The van der Waals surface area contributed by atoms with E-state index < -0.39 is 0 Å². The van der Waals surface area contributed by atoms with Gasteiger partial charge >= 0.3 is 0 Å². The van der Waals surface area contributed by atoms with E-state index in [0.29, 0.717) is 0 Å². The molecule has 0 fully saturated rings. The van der Waals surface area contributed by atoms with Gasteiger partial charge in [-0.3, -0.25) is 0 Å². The molecular formula is C9H10S. The average Bonchev–Trinajstić information content (AvgIpc) is 2.33. The molecule has 1 rings (SSSR count). The smallest absolute Gasteiger partial charge is 0.0339 e. The molecule has 1 heterocycles. The summed E-state index contributed by atoms with van der Waals surface area (Å²) in [5.41, 5.74) is 2.33. The fourth-order valence-corrected chi connectivity index (χ4v) is 1.65. The molecule has 1 aromatic heterocycles. The Kier molecular flexibility index (Phi) is 2.07. The molecule has 0 aromatic carbocycles. The molecule has 0 amide bonds. The van der Waals surface area contributed by atoms with Crippen LogP contribution in [0.5, 0.6) is 0 Å². The summed E-state index contributed by atoms with van der Waals surface area (Å²) in [4.78, 5) is 1.22. The Hall–Kier alpha value is -0.820. The van der Waals surface area contributed by atoms with Crippen LogP contribution in [0.3, 0.4) is 0 Å². The van der Waals surface area contributed by atoms with Crippen LogP contribution in [0.2, 0.25) is 0 Å². The van der Waals surface area contributed by atoms with E-state index in [4.69, 9.17) is 0 Å². The minimum absolute atomic E-state index is 1.11. The van der Waals surface area contributed by atoms with Gasteiger partial charge in [0.2, 0.25) is 0 Å². The first-order valence-electron chi connectivity index (χ1n) is 3.11. The topological polar surface area (TPSA) is 0 Å². The first kappa shape index (κ1) is 7.29. The van der Waals surface area contributed by atoms with Crippen molar-refractivity contribution in [3.8, 4) is 0 Å². The van der Waals surface area contributed by atoms with Gasteiger partial charge in [0, 0.05) is 4.88 Å². The first-order valence-corrected chi connectivity index (χ1v) is 3.99. The summed E-state index contributed by atoms with van der Waals surface area (Å²) in [6.45, 7) is 9.59. The van der Waals surface area contributed by atoms with Crippen molar-refractivity contribution in [2.24, 2.45) is 0 Å². The summed E-state index contributed by atoms with van der Waals surface area (Å²) < 4.78 is 0. The maximum atomic E-state index is 3.87. The molecule has 0 spiro atoms. The molecule has 52 valence electrons. The molecule has 0 N–H and O–H groups in total. The zero-order valence-electron chi connectivity index (χ0n) is 6.05. The van der Waals surface area contributed by atoms with Crippen LogP contribution in [-0.2, 0) is 0 Å². The van der Waals surface area contributed by atoms with Gasteiger partial charge in [0.15, 0.2) is 0 Å². The Morgan fingerprint density at radius 2 is 2.40 bits per heavy atom. The molecule has 0 aliphatic heterocycles. The molecule has 0 nitrogen and oxygen atoms in total. The Labute approximate surface area is 65.5 Å². The lowest BCUT2D eigenvalue weighted by molar-refractivity contribution is 1.67. The standard InChI is InChI=1S/C9H10S/c1-4-9-8(7(2)3)5-6-10-9/h4-6H,1-2H2,3H3. The SMILES string of the molecule is C=Cc1sccc1C(=C)C. The van der Waals surface area contributed by atoms with Crippen molar-refractivity contribution in [3.63, 3.8) is 0 Å². The lowest BCUT2D eigenvalue weighted by atomic mass is 10.1. The maximum absolute atomic E-state index is 3.87. The Morgan fingerprint density at radius 3 is 2.80 bits per heavy atom. The molecule has 10 heavy (non-hydrogen) atoms. The second kappa shape index (κ2) is 2.84. The molecular weight excluding hydrogens is 140 g/mol. The molecule has 0 aliphatic carbocycles. The molecule has 0 unspecified atom stereocenters. The molecule has 0 saturated heterocycles. The van der Waals surface area contributed by atoms with E-state index in [9.17, 15) is 0 Å². The van der Waals surface area contributed by atoms with Gasteiger partial charge in [0.25, 0.3) is 0 Å². The van der Waals surface area contributed by atoms with Crippen LogP contribution in [0.25, 0.3) is 11.6 Å². The summed E-state index contributed by atoms with van der Waals surface area (Å²) in [5, 5.41) is 2.06. The fraction of sp³-hybridized carbons (Fsp3) is 0.111. The van der Waals surface area contributed by atoms with Gasteiger partial charge in [0.05, 0.1) is 0 Å². The monoisotopic (exact) mass is 150 g/mol. The second-order valence-corrected chi connectivity index (χ2v) is 3.13. The number of allylic oxidation sites excluding steroid dienone is 1.